The summed E-state index contributed by atoms with van der Waals surface area (Å²) in [5, 5.41) is 0. The van der Waals surface area contributed by atoms with Gasteiger partial charge in [0.15, 0.2) is 0 Å². The van der Waals surface area contributed by atoms with Crippen molar-refractivity contribution in [2.24, 2.45) is 23.7 Å². The highest BCUT2D eigenvalue weighted by atomic mass is 16.2. The Morgan fingerprint density at radius 3 is 1.55 bits per heavy atom. The molecule has 1 heterocycles. The van der Waals surface area contributed by atoms with Gasteiger partial charge >= 0.3 is 0 Å². The van der Waals surface area contributed by atoms with Gasteiger partial charge in [0.25, 0.3) is 0 Å². The predicted octanol–water partition coefficient (Wildman–Crippen LogP) is 5.73. The van der Waals surface area contributed by atoms with Crippen LogP contribution in [0.2, 0.25) is 0 Å². The van der Waals surface area contributed by atoms with Crippen LogP contribution in [0.25, 0.3) is 5.57 Å². The molecule has 3 aromatic carbocycles. The third kappa shape index (κ3) is 2.96. The van der Waals surface area contributed by atoms with E-state index in [-0.39, 0.29) is 35.5 Å². The summed E-state index contributed by atoms with van der Waals surface area (Å²) in [6.45, 7) is 4.17. The van der Waals surface area contributed by atoms with Gasteiger partial charge in [0.2, 0.25) is 11.8 Å². The van der Waals surface area contributed by atoms with Crippen molar-refractivity contribution in [1.82, 2.24) is 0 Å². The number of fused-ring (bicyclic) bond motifs is 5. The topological polar surface area (TPSA) is 37.4 Å². The lowest BCUT2D eigenvalue weighted by molar-refractivity contribution is -0.122. The van der Waals surface area contributed by atoms with Crippen LogP contribution in [0, 0.1) is 37.5 Å². The summed E-state index contributed by atoms with van der Waals surface area (Å²) >= 11 is 0. The number of carbonyl (C=O) groups is 2. The zero-order chi connectivity index (χ0) is 22.7. The van der Waals surface area contributed by atoms with Crippen LogP contribution in [0.4, 0.5) is 5.69 Å². The number of hydrogen-bond donors (Lipinski definition) is 0. The zero-order valence-electron chi connectivity index (χ0n) is 18.7. The first-order chi connectivity index (χ1) is 16.0. The molecule has 1 saturated heterocycles. The summed E-state index contributed by atoms with van der Waals surface area (Å²) in [5.41, 5.74) is 7.74. The molecule has 2 bridgehead atoms. The normalized spacial score (nSPS) is 25.2. The third-order valence-corrected chi connectivity index (χ3v) is 7.40. The molecule has 0 aromatic heterocycles. The van der Waals surface area contributed by atoms with Crippen molar-refractivity contribution in [3.8, 4) is 0 Å². The maximum absolute atomic E-state index is 13.6. The molecule has 1 saturated carbocycles. The van der Waals surface area contributed by atoms with Gasteiger partial charge in [0.05, 0.1) is 17.5 Å². The molecule has 162 valence electrons. The van der Waals surface area contributed by atoms with Crippen LogP contribution < -0.4 is 4.90 Å². The molecule has 3 nitrogen and oxygen atoms in total. The second kappa shape index (κ2) is 7.41. The Morgan fingerprint density at radius 1 is 0.636 bits per heavy atom. The third-order valence-electron chi connectivity index (χ3n) is 7.40. The van der Waals surface area contributed by atoms with Crippen molar-refractivity contribution < 1.29 is 9.59 Å². The maximum atomic E-state index is 13.6. The highest BCUT2D eigenvalue weighted by molar-refractivity contribution is 6.23. The monoisotopic (exact) mass is 431 g/mol. The molecule has 4 atom stereocenters. The van der Waals surface area contributed by atoms with Crippen LogP contribution in [0.1, 0.15) is 22.3 Å². The molecule has 0 spiro atoms. The molecule has 0 radical (unpaired) electrons. The summed E-state index contributed by atoms with van der Waals surface area (Å²) in [6, 6.07) is 26.5. The second-order valence-corrected chi connectivity index (χ2v) is 9.40. The largest absolute Gasteiger partial charge is 0.274 e. The standard InChI is InChI=1S/C30H25NO2/c1-18-8-12-20(13-9-18)25(21-14-10-19(2)11-15-21)26-23-16-17-24(26)28-27(23)29(32)31(30(28)33)22-6-4-3-5-7-22/h3-17,23-24,27-28H,1-2H3/t23-,24-,27+,28+/m0/s1. The summed E-state index contributed by atoms with van der Waals surface area (Å²) in [7, 11) is 0. The Balaban J connectivity index is 1.50. The van der Waals surface area contributed by atoms with Crippen molar-refractivity contribution in [3.63, 3.8) is 0 Å². The van der Waals surface area contributed by atoms with E-state index in [1.54, 1.807) is 0 Å². The predicted molar refractivity (Wildman–Crippen MR) is 130 cm³/mol. The number of hydrogen-bond acceptors (Lipinski definition) is 2. The van der Waals surface area contributed by atoms with Crippen molar-refractivity contribution in [2.45, 2.75) is 13.8 Å². The van der Waals surface area contributed by atoms with Gasteiger partial charge in [-0.15, -0.1) is 0 Å². The molecule has 3 heteroatoms. The molecule has 33 heavy (non-hydrogen) atoms. The lowest BCUT2D eigenvalue weighted by atomic mass is 9.85. The lowest BCUT2D eigenvalue weighted by Crippen LogP contribution is -2.33. The average Bonchev–Trinajstić information content (AvgIpc) is 3.46. The van der Waals surface area contributed by atoms with E-state index in [1.807, 2.05) is 30.3 Å². The van der Waals surface area contributed by atoms with E-state index in [0.29, 0.717) is 5.69 Å². The molecule has 0 N–H and O–H groups in total. The number of rotatable bonds is 3. The van der Waals surface area contributed by atoms with E-state index in [2.05, 4.69) is 74.5 Å². The summed E-state index contributed by atoms with van der Waals surface area (Å²) < 4.78 is 0. The molecule has 1 aliphatic heterocycles. The van der Waals surface area contributed by atoms with Crippen molar-refractivity contribution >= 4 is 23.1 Å². The van der Waals surface area contributed by atoms with Crippen LogP contribution in [0.5, 0.6) is 0 Å². The fourth-order valence-corrected chi connectivity index (χ4v) is 5.87. The molecule has 3 aliphatic rings. The first kappa shape index (κ1) is 19.9. The molecule has 2 aliphatic carbocycles. The molecule has 0 unspecified atom stereocenters. The van der Waals surface area contributed by atoms with E-state index < -0.39 is 0 Å². The number of benzene rings is 3. The number of imide groups is 1. The number of para-hydroxylation sites is 1. The van der Waals surface area contributed by atoms with Crippen molar-refractivity contribution in [2.75, 3.05) is 4.90 Å². The fraction of sp³-hybridized carbons (Fsp3) is 0.200. The van der Waals surface area contributed by atoms with Crippen LogP contribution in [0.3, 0.4) is 0 Å². The van der Waals surface area contributed by atoms with Gasteiger partial charge in [-0.25, -0.2) is 4.90 Å². The first-order valence-corrected chi connectivity index (χ1v) is 11.5. The van der Waals surface area contributed by atoms with Crippen LogP contribution in [-0.4, -0.2) is 11.8 Å². The average molecular weight is 432 g/mol. The van der Waals surface area contributed by atoms with Crippen LogP contribution in [-0.2, 0) is 9.59 Å². The minimum absolute atomic E-state index is 0.0530. The van der Waals surface area contributed by atoms with Gasteiger partial charge in [-0.3, -0.25) is 9.59 Å². The van der Waals surface area contributed by atoms with E-state index in [0.717, 1.165) is 16.7 Å². The minimum atomic E-state index is -0.325. The molecule has 3 aromatic rings. The van der Waals surface area contributed by atoms with E-state index in [1.165, 1.54) is 21.6 Å². The van der Waals surface area contributed by atoms with Crippen molar-refractivity contribution in [1.29, 1.82) is 0 Å². The van der Waals surface area contributed by atoms with Gasteiger partial charge < -0.3 is 0 Å². The molecule has 2 amide bonds. The first-order valence-electron chi connectivity index (χ1n) is 11.5. The van der Waals surface area contributed by atoms with E-state index in [4.69, 9.17) is 0 Å². The summed E-state index contributed by atoms with van der Waals surface area (Å²) in [4.78, 5) is 28.5. The Hall–Kier alpha value is -3.72. The smallest absolute Gasteiger partial charge is 0.238 e. The van der Waals surface area contributed by atoms with Gasteiger partial charge in [0, 0.05) is 11.8 Å². The Kier molecular flexibility index (Phi) is 4.48. The van der Waals surface area contributed by atoms with E-state index in [9.17, 15) is 9.59 Å². The summed E-state index contributed by atoms with van der Waals surface area (Å²) in [6.07, 6.45) is 4.31. The number of amides is 2. The fourth-order valence-electron chi connectivity index (χ4n) is 5.87. The minimum Gasteiger partial charge on any atom is -0.274 e. The number of nitrogens with zero attached hydrogens (tertiary/aromatic N) is 1. The van der Waals surface area contributed by atoms with Crippen LogP contribution in [0.15, 0.2) is 96.6 Å². The Morgan fingerprint density at radius 2 is 1.09 bits per heavy atom. The summed E-state index contributed by atoms with van der Waals surface area (Å²) in [5.74, 6) is -0.900. The highest BCUT2D eigenvalue weighted by Gasteiger charge is 2.62. The quantitative estimate of drug-likeness (QED) is 0.392. The van der Waals surface area contributed by atoms with Gasteiger partial charge in [-0.05, 0) is 48.3 Å². The number of aryl methyl sites for hydroxylation is 2. The maximum Gasteiger partial charge on any atom is 0.238 e. The van der Waals surface area contributed by atoms with Crippen molar-refractivity contribution in [3.05, 3.63) is 119 Å². The lowest BCUT2D eigenvalue weighted by Gasteiger charge is -2.21. The molecular weight excluding hydrogens is 406 g/mol. The molecular formula is C30H25NO2. The number of allylic oxidation sites excluding steroid dienone is 3. The number of anilines is 1. The molecule has 6 rings (SSSR count). The Labute approximate surface area is 194 Å². The Bertz CT molecular complexity index is 1230. The van der Waals surface area contributed by atoms with Gasteiger partial charge in [-0.1, -0.05) is 90.0 Å². The number of carbonyl (C=O) groups excluding carboxylic acids is 2. The molecule has 2 fully saturated rings. The van der Waals surface area contributed by atoms with E-state index >= 15 is 0 Å². The second-order valence-electron chi connectivity index (χ2n) is 9.40. The van der Waals surface area contributed by atoms with Gasteiger partial charge in [-0.2, -0.15) is 0 Å². The van der Waals surface area contributed by atoms with Gasteiger partial charge in [0.1, 0.15) is 0 Å². The van der Waals surface area contributed by atoms with Crippen LogP contribution >= 0.6 is 0 Å². The zero-order valence-corrected chi connectivity index (χ0v) is 18.7. The SMILES string of the molecule is Cc1ccc(C(=C2[C@@H]3C=C[C@@H]2[C@H]2C(=O)N(c4ccccc4)C(=O)[C@@H]23)c2ccc(C)cc2)cc1. The highest BCUT2D eigenvalue weighted by Crippen LogP contribution is 2.58.